The maximum atomic E-state index is 12.7. The molecule has 0 radical (unpaired) electrons. The number of aromatic nitrogens is 2. The molecular weight excluding hydrogens is 347 g/mol. The Balaban J connectivity index is 0.00000144. The zero-order valence-corrected chi connectivity index (χ0v) is 15.2. The van der Waals surface area contributed by atoms with Crippen LogP contribution in [-0.2, 0) is 4.79 Å². The second-order valence-electron chi connectivity index (χ2n) is 5.92. The summed E-state index contributed by atoms with van der Waals surface area (Å²) >= 11 is 0. The topological polar surface area (TPSA) is 64.2 Å². The average molecular weight is 371 g/mol. The molecule has 132 valence electrons. The average Bonchev–Trinajstić information content (AvgIpc) is 3.23. The predicted molar refractivity (Wildman–Crippen MR) is 99.7 cm³/mol. The molecule has 1 aliphatic rings. The first-order chi connectivity index (χ1) is 10.7. The molecule has 1 aromatic heterocycles. The van der Waals surface area contributed by atoms with Crippen LogP contribution in [0.15, 0.2) is 48.8 Å². The van der Waals surface area contributed by atoms with Crippen molar-refractivity contribution in [1.82, 2.24) is 14.7 Å². The van der Waals surface area contributed by atoms with Gasteiger partial charge in [-0.25, -0.2) is 0 Å². The van der Waals surface area contributed by atoms with Gasteiger partial charge in [0.1, 0.15) is 6.04 Å². The minimum atomic E-state index is -0.275. The van der Waals surface area contributed by atoms with Crippen molar-refractivity contribution in [3.8, 4) is 0 Å². The summed E-state index contributed by atoms with van der Waals surface area (Å²) < 4.78 is 1.70. The fraction of sp³-hybridized carbons (Fsp3) is 0.412. The number of nitrogens with two attached hydrogens (primary N) is 1. The van der Waals surface area contributed by atoms with Crippen LogP contribution in [0.4, 0.5) is 0 Å². The molecule has 0 bridgehead atoms. The van der Waals surface area contributed by atoms with Crippen LogP contribution in [0.2, 0.25) is 0 Å². The fourth-order valence-electron chi connectivity index (χ4n) is 3.26. The molecule has 1 aromatic carbocycles. The summed E-state index contributed by atoms with van der Waals surface area (Å²) in [6.07, 6.45) is 3.52. The van der Waals surface area contributed by atoms with Gasteiger partial charge in [-0.3, -0.25) is 9.48 Å². The number of nitrogens with zero attached hydrogens (tertiary/aromatic N) is 3. The Morgan fingerprint density at radius 1 is 1.25 bits per heavy atom. The van der Waals surface area contributed by atoms with E-state index in [0.29, 0.717) is 18.4 Å². The summed E-state index contributed by atoms with van der Waals surface area (Å²) in [5.74, 6) is 0.747. The van der Waals surface area contributed by atoms with E-state index < -0.39 is 0 Å². The fourth-order valence-corrected chi connectivity index (χ4v) is 3.26. The molecule has 3 rings (SSSR count). The van der Waals surface area contributed by atoms with Gasteiger partial charge in [0.15, 0.2) is 0 Å². The van der Waals surface area contributed by atoms with Gasteiger partial charge in [-0.05, 0) is 31.0 Å². The maximum Gasteiger partial charge on any atom is 0.247 e. The van der Waals surface area contributed by atoms with Crippen LogP contribution in [0.1, 0.15) is 24.4 Å². The molecule has 0 spiro atoms. The number of rotatable bonds is 4. The van der Waals surface area contributed by atoms with Crippen LogP contribution in [0.25, 0.3) is 0 Å². The Morgan fingerprint density at radius 2 is 1.96 bits per heavy atom. The van der Waals surface area contributed by atoms with Gasteiger partial charge in [0.05, 0.1) is 0 Å². The number of carbonyl (C=O) groups excluding carboxylic acids is 1. The Kier molecular flexibility index (Phi) is 7.73. The highest BCUT2D eigenvalue weighted by atomic mass is 35.5. The van der Waals surface area contributed by atoms with Gasteiger partial charge in [-0.2, -0.15) is 5.10 Å². The molecule has 1 saturated heterocycles. The van der Waals surface area contributed by atoms with E-state index in [9.17, 15) is 4.79 Å². The van der Waals surface area contributed by atoms with E-state index in [1.807, 2.05) is 42.3 Å². The molecule has 24 heavy (non-hydrogen) atoms. The molecule has 3 atom stereocenters. The summed E-state index contributed by atoms with van der Waals surface area (Å²) in [5, 5.41) is 4.17. The monoisotopic (exact) mass is 370 g/mol. The Hall–Kier alpha value is -1.56. The van der Waals surface area contributed by atoms with Crippen molar-refractivity contribution < 1.29 is 4.79 Å². The van der Waals surface area contributed by atoms with Crippen LogP contribution < -0.4 is 5.73 Å². The number of hydrogen-bond acceptors (Lipinski definition) is 3. The molecule has 2 N–H and O–H groups in total. The molecule has 2 heterocycles. The third-order valence-corrected chi connectivity index (χ3v) is 4.56. The largest absolute Gasteiger partial charge is 0.340 e. The smallest absolute Gasteiger partial charge is 0.247 e. The van der Waals surface area contributed by atoms with Gasteiger partial charge < -0.3 is 10.6 Å². The van der Waals surface area contributed by atoms with E-state index in [1.54, 1.807) is 10.9 Å². The molecule has 1 unspecified atom stereocenters. The molecule has 7 heteroatoms. The van der Waals surface area contributed by atoms with Crippen molar-refractivity contribution >= 4 is 30.7 Å². The van der Waals surface area contributed by atoms with E-state index in [-0.39, 0.29) is 36.8 Å². The number of halogens is 2. The van der Waals surface area contributed by atoms with Gasteiger partial charge in [0, 0.05) is 31.4 Å². The van der Waals surface area contributed by atoms with Crippen molar-refractivity contribution in [3.05, 3.63) is 54.4 Å². The molecule has 2 aromatic rings. The van der Waals surface area contributed by atoms with Crippen molar-refractivity contribution in [3.63, 3.8) is 0 Å². The normalized spacial score (nSPS) is 20.8. The third-order valence-electron chi connectivity index (χ3n) is 4.56. The zero-order valence-electron chi connectivity index (χ0n) is 13.6. The van der Waals surface area contributed by atoms with Gasteiger partial charge in [-0.1, -0.05) is 30.3 Å². The van der Waals surface area contributed by atoms with Crippen molar-refractivity contribution in [2.75, 3.05) is 19.6 Å². The lowest BCUT2D eigenvalue weighted by Gasteiger charge is -2.21. The highest BCUT2D eigenvalue weighted by molar-refractivity contribution is 5.85. The molecular formula is C17H24Cl2N4O. The molecule has 0 aliphatic carbocycles. The first-order valence-corrected chi connectivity index (χ1v) is 7.73. The number of likely N-dealkylation sites (tertiary alicyclic amines) is 1. The van der Waals surface area contributed by atoms with E-state index in [2.05, 4.69) is 17.2 Å². The Labute approximate surface area is 155 Å². The van der Waals surface area contributed by atoms with Crippen LogP contribution >= 0.6 is 24.8 Å². The molecule has 1 aliphatic heterocycles. The Morgan fingerprint density at radius 3 is 2.54 bits per heavy atom. The lowest BCUT2D eigenvalue weighted by molar-refractivity contribution is -0.133. The van der Waals surface area contributed by atoms with Crippen LogP contribution in [0.3, 0.4) is 0 Å². The summed E-state index contributed by atoms with van der Waals surface area (Å²) in [4.78, 5) is 14.6. The number of carbonyl (C=O) groups is 1. The van der Waals surface area contributed by atoms with Gasteiger partial charge in [0.2, 0.25) is 5.91 Å². The van der Waals surface area contributed by atoms with Gasteiger partial charge in [-0.15, -0.1) is 24.8 Å². The van der Waals surface area contributed by atoms with Crippen LogP contribution in [0, 0.1) is 5.92 Å². The third kappa shape index (κ3) is 4.09. The summed E-state index contributed by atoms with van der Waals surface area (Å²) in [6, 6.07) is 11.9. The van der Waals surface area contributed by atoms with Gasteiger partial charge in [0.25, 0.3) is 0 Å². The Bertz CT molecular complexity index is 621. The highest BCUT2D eigenvalue weighted by Crippen LogP contribution is 2.33. The van der Waals surface area contributed by atoms with Crippen molar-refractivity contribution in [2.24, 2.45) is 11.7 Å². The van der Waals surface area contributed by atoms with E-state index >= 15 is 0 Å². The number of benzene rings is 1. The second kappa shape index (κ2) is 9.06. The highest BCUT2D eigenvalue weighted by Gasteiger charge is 2.36. The van der Waals surface area contributed by atoms with E-state index in [1.165, 1.54) is 5.56 Å². The van der Waals surface area contributed by atoms with E-state index in [0.717, 1.165) is 13.1 Å². The van der Waals surface area contributed by atoms with Gasteiger partial charge >= 0.3 is 0 Å². The summed E-state index contributed by atoms with van der Waals surface area (Å²) in [6.45, 7) is 3.94. The first-order valence-electron chi connectivity index (χ1n) is 7.73. The second-order valence-corrected chi connectivity index (χ2v) is 5.92. The van der Waals surface area contributed by atoms with Crippen LogP contribution in [0.5, 0.6) is 0 Å². The molecule has 1 amide bonds. The minimum absolute atomic E-state index is 0. The number of amides is 1. The maximum absolute atomic E-state index is 12.7. The van der Waals surface area contributed by atoms with E-state index in [4.69, 9.17) is 5.73 Å². The summed E-state index contributed by atoms with van der Waals surface area (Å²) in [7, 11) is 0. The first kappa shape index (κ1) is 20.5. The lowest BCUT2D eigenvalue weighted by atomic mass is 9.89. The summed E-state index contributed by atoms with van der Waals surface area (Å²) in [5.41, 5.74) is 7.20. The standard InChI is InChI=1S/C17H22N4O.2ClH/c1-13(21-9-5-8-19-21)17(22)20-11-15(10-18)16(12-20)14-6-3-2-4-7-14;;/h2-9,13,15-16H,10-12,18H2,1H3;2*1H/t13?,15-,16+;;/m1../s1. The van der Waals surface area contributed by atoms with Crippen molar-refractivity contribution in [1.29, 1.82) is 0 Å². The molecule has 1 fully saturated rings. The SMILES string of the molecule is CC(C(=O)N1C[C@@H](CN)[C@H](c2ccccc2)C1)n1cccn1.Cl.Cl. The zero-order chi connectivity index (χ0) is 15.5. The predicted octanol–water partition coefficient (Wildman–Crippen LogP) is 2.49. The quantitative estimate of drug-likeness (QED) is 0.898. The minimum Gasteiger partial charge on any atom is -0.340 e. The molecule has 0 saturated carbocycles. The lowest BCUT2D eigenvalue weighted by Crippen LogP contribution is -2.35. The van der Waals surface area contributed by atoms with Crippen LogP contribution in [-0.4, -0.2) is 40.2 Å². The number of hydrogen-bond donors (Lipinski definition) is 1. The van der Waals surface area contributed by atoms with Crippen molar-refractivity contribution in [2.45, 2.75) is 18.9 Å². The molecule has 5 nitrogen and oxygen atoms in total.